The number of benzene rings is 2. The molecular formula is C21H21N3O. The lowest BCUT2D eigenvalue weighted by Crippen LogP contribution is -2.17. The Bertz CT molecular complexity index is 885. The van der Waals surface area contributed by atoms with Crippen molar-refractivity contribution in [2.45, 2.75) is 26.2 Å². The van der Waals surface area contributed by atoms with Gasteiger partial charge in [-0.25, -0.2) is 4.68 Å². The van der Waals surface area contributed by atoms with Crippen molar-refractivity contribution >= 4 is 11.9 Å². The minimum atomic E-state index is -0.0375. The van der Waals surface area contributed by atoms with Gasteiger partial charge in [-0.15, -0.1) is 5.10 Å². The fourth-order valence-electron chi connectivity index (χ4n) is 2.53. The molecule has 2 aromatic carbocycles. The zero-order chi connectivity index (χ0) is 17.9. The summed E-state index contributed by atoms with van der Waals surface area (Å²) in [6.45, 7) is 6.40. The molecule has 0 fully saturated rings. The van der Waals surface area contributed by atoms with Gasteiger partial charge < -0.3 is 0 Å². The Morgan fingerprint density at radius 2 is 1.68 bits per heavy atom. The highest BCUT2D eigenvalue weighted by Crippen LogP contribution is 2.23. The first kappa shape index (κ1) is 16.8. The van der Waals surface area contributed by atoms with Crippen LogP contribution >= 0.6 is 0 Å². The van der Waals surface area contributed by atoms with E-state index in [1.807, 2.05) is 65.4 Å². The molecule has 0 spiro atoms. The molecule has 0 aliphatic rings. The normalized spacial score (nSPS) is 11.8. The molecule has 0 saturated carbocycles. The summed E-state index contributed by atoms with van der Waals surface area (Å²) < 4.78 is 1.85. The smallest absolute Gasteiger partial charge is 0.185 e. The third-order valence-electron chi connectivity index (χ3n) is 3.94. The molecule has 0 atom stereocenters. The number of rotatable bonds is 4. The fraction of sp³-hybridized carbons (Fsp3) is 0.190. The molecule has 0 radical (unpaired) electrons. The minimum Gasteiger partial charge on any atom is -0.289 e. The molecule has 0 unspecified atom stereocenters. The van der Waals surface area contributed by atoms with E-state index in [-0.39, 0.29) is 11.2 Å². The van der Waals surface area contributed by atoms with Crippen LogP contribution in [0.5, 0.6) is 0 Å². The van der Waals surface area contributed by atoms with Gasteiger partial charge in [0.1, 0.15) is 0 Å². The maximum atomic E-state index is 12.1. The molecule has 4 nitrogen and oxygen atoms in total. The average Bonchev–Trinajstić information content (AvgIpc) is 3.11. The van der Waals surface area contributed by atoms with Gasteiger partial charge in [-0.1, -0.05) is 74.5 Å². The van der Waals surface area contributed by atoms with Crippen molar-refractivity contribution in [3.8, 4) is 5.69 Å². The Kier molecular flexibility index (Phi) is 4.61. The van der Waals surface area contributed by atoms with Crippen molar-refractivity contribution in [1.29, 1.82) is 0 Å². The summed E-state index contributed by atoms with van der Waals surface area (Å²) in [6, 6.07) is 17.2. The molecular weight excluding hydrogens is 310 g/mol. The Morgan fingerprint density at radius 3 is 2.32 bits per heavy atom. The number of allylic oxidation sites excluding steroid dienone is 1. The Balaban J connectivity index is 1.78. The second-order valence-electron chi connectivity index (χ2n) is 6.94. The predicted molar refractivity (Wildman–Crippen MR) is 99.9 cm³/mol. The number of ketones is 1. The van der Waals surface area contributed by atoms with Gasteiger partial charge in [-0.3, -0.25) is 4.79 Å². The highest BCUT2D eigenvalue weighted by atomic mass is 16.1. The molecule has 3 aromatic rings. The van der Waals surface area contributed by atoms with Gasteiger partial charge in [0.25, 0.3) is 0 Å². The van der Waals surface area contributed by atoms with E-state index < -0.39 is 0 Å². The van der Waals surface area contributed by atoms with E-state index in [0.717, 1.165) is 16.9 Å². The zero-order valence-corrected chi connectivity index (χ0v) is 14.7. The molecule has 126 valence electrons. The third kappa shape index (κ3) is 3.91. The quantitative estimate of drug-likeness (QED) is 0.524. The molecule has 4 heteroatoms. The summed E-state index contributed by atoms with van der Waals surface area (Å²) in [4.78, 5) is 12.1. The average molecular weight is 331 g/mol. The summed E-state index contributed by atoms with van der Waals surface area (Å²) in [5, 5.41) is 8.23. The van der Waals surface area contributed by atoms with Crippen LogP contribution in [0.25, 0.3) is 11.8 Å². The lowest BCUT2D eigenvalue weighted by atomic mass is 9.92. The number of hydrogen-bond donors (Lipinski definition) is 0. The molecule has 3 rings (SSSR count). The first-order valence-corrected chi connectivity index (χ1v) is 8.24. The van der Waals surface area contributed by atoms with E-state index in [4.69, 9.17) is 0 Å². The molecule has 0 N–H and O–H groups in total. The maximum Gasteiger partial charge on any atom is 0.185 e. The fourth-order valence-corrected chi connectivity index (χ4v) is 2.53. The van der Waals surface area contributed by atoms with Gasteiger partial charge in [0.2, 0.25) is 0 Å². The molecule has 1 aromatic heterocycles. The van der Waals surface area contributed by atoms with Crippen LogP contribution in [0.3, 0.4) is 0 Å². The first-order valence-electron chi connectivity index (χ1n) is 8.24. The van der Waals surface area contributed by atoms with Gasteiger partial charge in [-0.2, -0.15) is 0 Å². The maximum absolute atomic E-state index is 12.1. The van der Waals surface area contributed by atoms with E-state index in [2.05, 4.69) is 31.1 Å². The highest BCUT2D eigenvalue weighted by Gasteiger charge is 2.20. The number of carbonyl (C=O) groups is 1. The van der Waals surface area contributed by atoms with Crippen LogP contribution < -0.4 is 0 Å². The van der Waals surface area contributed by atoms with E-state index in [9.17, 15) is 4.79 Å². The predicted octanol–water partition coefficient (Wildman–Crippen LogP) is 4.46. The minimum absolute atomic E-state index is 0.00373. The Labute approximate surface area is 147 Å². The molecule has 0 aliphatic carbocycles. The third-order valence-corrected chi connectivity index (χ3v) is 3.94. The van der Waals surface area contributed by atoms with E-state index in [0.29, 0.717) is 5.56 Å². The largest absolute Gasteiger partial charge is 0.289 e. The van der Waals surface area contributed by atoms with Crippen LogP contribution in [-0.4, -0.2) is 20.8 Å². The van der Waals surface area contributed by atoms with Gasteiger partial charge in [0.05, 0.1) is 17.6 Å². The number of carbonyl (C=O) groups excluding carboxylic acids is 1. The van der Waals surface area contributed by atoms with Crippen molar-refractivity contribution in [3.05, 3.63) is 83.7 Å². The van der Waals surface area contributed by atoms with Crippen LogP contribution in [0.15, 0.2) is 66.9 Å². The van der Waals surface area contributed by atoms with Crippen LogP contribution in [0, 0.1) is 0 Å². The monoisotopic (exact) mass is 331 g/mol. The van der Waals surface area contributed by atoms with Crippen LogP contribution in [-0.2, 0) is 5.41 Å². The SMILES string of the molecule is CC(C)(C)c1cnnn1-c1ccc(/C=C/C(=O)c2ccccc2)cc1. The standard InChI is InChI=1S/C21H21N3O/c1-21(2,3)20-15-22-23-24(20)18-12-9-16(10-13-18)11-14-19(25)17-7-5-4-6-8-17/h4-15H,1-3H3/b14-11+. The number of nitrogens with zero attached hydrogens (tertiary/aromatic N) is 3. The summed E-state index contributed by atoms with van der Waals surface area (Å²) in [6.07, 6.45) is 5.22. The zero-order valence-electron chi connectivity index (χ0n) is 14.7. The molecule has 1 heterocycles. The summed E-state index contributed by atoms with van der Waals surface area (Å²) >= 11 is 0. The molecule has 0 saturated heterocycles. The second-order valence-corrected chi connectivity index (χ2v) is 6.94. The van der Waals surface area contributed by atoms with Gasteiger partial charge in [0.15, 0.2) is 5.78 Å². The van der Waals surface area contributed by atoms with Crippen molar-refractivity contribution < 1.29 is 4.79 Å². The highest BCUT2D eigenvalue weighted by molar-refractivity contribution is 6.06. The van der Waals surface area contributed by atoms with Crippen LogP contribution in [0.4, 0.5) is 0 Å². The Hall–Kier alpha value is -3.01. The van der Waals surface area contributed by atoms with Gasteiger partial charge in [-0.05, 0) is 23.8 Å². The van der Waals surface area contributed by atoms with Crippen molar-refractivity contribution in [1.82, 2.24) is 15.0 Å². The van der Waals surface area contributed by atoms with E-state index >= 15 is 0 Å². The van der Waals surface area contributed by atoms with Crippen LogP contribution in [0.2, 0.25) is 0 Å². The molecule has 0 aliphatic heterocycles. The van der Waals surface area contributed by atoms with Crippen molar-refractivity contribution in [2.24, 2.45) is 0 Å². The summed E-state index contributed by atoms with van der Waals surface area (Å²) in [5.74, 6) is -0.00373. The second kappa shape index (κ2) is 6.85. The van der Waals surface area contributed by atoms with Crippen molar-refractivity contribution in [3.63, 3.8) is 0 Å². The van der Waals surface area contributed by atoms with E-state index in [1.165, 1.54) is 0 Å². The topological polar surface area (TPSA) is 47.8 Å². The lowest BCUT2D eigenvalue weighted by Gasteiger charge is -2.19. The first-order chi connectivity index (χ1) is 11.9. The van der Waals surface area contributed by atoms with E-state index in [1.54, 1.807) is 12.3 Å². The summed E-state index contributed by atoms with van der Waals surface area (Å²) in [5.41, 5.74) is 3.62. The van der Waals surface area contributed by atoms with Gasteiger partial charge in [0, 0.05) is 11.0 Å². The number of aromatic nitrogens is 3. The molecule has 0 bridgehead atoms. The van der Waals surface area contributed by atoms with Crippen LogP contribution in [0.1, 0.15) is 42.4 Å². The molecule has 25 heavy (non-hydrogen) atoms. The lowest BCUT2D eigenvalue weighted by molar-refractivity contribution is 0.104. The van der Waals surface area contributed by atoms with Gasteiger partial charge >= 0.3 is 0 Å². The van der Waals surface area contributed by atoms with Crippen molar-refractivity contribution in [2.75, 3.05) is 0 Å². The Morgan fingerprint density at radius 1 is 1.00 bits per heavy atom. The molecule has 0 amide bonds. The summed E-state index contributed by atoms with van der Waals surface area (Å²) in [7, 11) is 0. The number of hydrogen-bond acceptors (Lipinski definition) is 3.